The number of hydrogen-bond donors (Lipinski definition) is 0. The molecule has 2 aromatic rings. The van der Waals surface area contributed by atoms with Crippen molar-refractivity contribution in [2.75, 3.05) is 13.1 Å². The Labute approximate surface area is 178 Å². The van der Waals surface area contributed by atoms with Gasteiger partial charge in [0.25, 0.3) is 0 Å². The predicted octanol–water partition coefficient (Wildman–Crippen LogP) is 6.77. The van der Waals surface area contributed by atoms with Gasteiger partial charge in [0.15, 0.2) is 0 Å². The molecule has 1 atom stereocenters. The van der Waals surface area contributed by atoms with Gasteiger partial charge in [0.2, 0.25) is 5.91 Å². The molecule has 3 heteroatoms. The molecule has 29 heavy (non-hydrogen) atoms. The fourth-order valence-corrected chi connectivity index (χ4v) is 3.85. The standard InChI is InChI=1S/C26H40N2O/c1-4-6-8-10-20-28(21-11-9-7-5-2)26(29)22-25(27-18-12-13-19-27)24-16-14-23(3)15-17-24/h12-19,25H,4-11,20-22H2,1-3H3. The van der Waals surface area contributed by atoms with E-state index in [-0.39, 0.29) is 11.9 Å². The van der Waals surface area contributed by atoms with Crippen LogP contribution in [0.2, 0.25) is 0 Å². The van der Waals surface area contributed by atoms with E-state index in [1.165, 1.54) is 49.7 Å². The maximum absolute atomic E-state index is 13.3. The summed E-state index contributed by atoms with van der Waals surface area (Å²) in [6.07, 6.45) is 14.3. The van der Waals surface area contributed by atoms with Crippen molar-refractivity contribution in [2.45, 2.75) is 84.6 Å². The molecular formula is C26H40N2O. The second-order valence-electron chi connectivity index (χ2n) is 8.26. The van der Waals surface area contributed by atoms with E-state index >= 15 is 0 Å². The van der Waals surface area contributed by atoms with Crippen LogP contribution in [0.3, 0.4) is 0 Å². The zero-order valence-electron chi connectivity index (χ0n) is 18.8. The number of carbonyl (C=O) groups is 1. The minimum Gasteiger partial charge on any atom is -0.346 e. The van der Waals surface area contributed by atoms with Crippen LogP contribution in [-0.2, 0) is 4.79 Å². The number of amides is 1. The quantitative estimate of drug-likeness (QED) is 0.324. The van der Waals surface area contributed by atoms with Gasteiger partial charge in [-0.1, -0.05) is 82.2 Å². The molecule has 1 amide bonds. The molecule has 0 N–H and O–H groups in total. The lowest BCUT2D eigenvalue weighted by Gasteiger charge is -2.27. The number of hydrogen-bond acceptors (Lipinski definition) is 1. The maximum atomic E-state index is 13.3. The number of aromatic nitrogens is 1. The first-order valence-electron chi connectivity index (χ1n) is 11.6. The van der Waals surface area contributed by atoms with Gasteiger partial charge in [-0.3, -0.25) is 4.79 Å². The summed E-state index contributed by atoms with van der Waals surface area (Å²) in [5.41, 5.74) is 2.46. The highest BCUT2D eigenvalue weighted by Crippen LogP contribution is 2.24. The van der Waals surface area contributed by atoms with Gasteiger partial charge in [0, 0.05) is 25.5 Å². The Kier molecular flexibility index (Phi) is 10.6. The van der Waals surface area contributed by atoms with Crippen LogP contribution in [-0.4, -0.2) is 28.5 Å². The smallest absolute Gasteiger partial charge is 0.225 e. The summed E-state index contributed by atoms with van der Waals surface area (Å²) in [6.45, 7) is 8.37. The van der Waals surface area contributed by atoms with Gasteiger partial charge in [-0.2, -0.15) is 0 Å². The summed E-state index contributed by atoms with van der Waals surface area (Å²) in [5.74, 6) is 0.289. The topological polar surface area (TPSA) is 25.2 Å². The van der Waals surface area contributed by atoms with Crippen molar-refractivity contribution in [2.24, 2.45) is 0 Å². The normalized spacial score (nSPS) is 12.1. The van der Waals surface area contributed by atoms with Gasteiger partial charge in [0.1, 0.15) is 0 Å². The lowest BCUT2D eigenvalue weighted by Crippen LogP contribution is -2.34. The fraction of sp³-hybridized carbons (Fsp3) is 0.577. The first kappa shape index (κ1) is 23.3. The zero-order chi connectivity index (χ0) is 20.9. The number of nitrogens with zero attached hydrogens (tertiary/aromatic N) is 2. The second kappa shape index (κ2) is 13.2. The van der Waals surface area contributed by atoms with Crippen LogP contribution in [0.15, 0.2) is 48.8 Å². The molecule has 1 aromatic carbocycles. The van der Waals surface area contributed by atoms with E-state index in [2.05, 4.69) is 66.9 Å². The summed E-state index contributed by atoms with van der Waals surface area (Å²) in [6, 6.07) is 12.8. The Morgan fingerprint density at radius 3 is 1.93 bits per heavy atom. The molecule has 1 heterocycles. The third-order valence-corrected chi connectivity index (χ3v) is 5.73. The van der Waals surface area contributed by atoms with Gasteiger partial charge in [-0.25, -0.2) is 0 Å². The Balaban J connectivity index is 2.07. The molecule has 0 radical (unpaired) electrons. The molecule has 0 aliphatic rings. The maximum Gasteiger partial charge on any atom is 0.225 e. The summed E-state index contributed by atoms with van der Waals surface area (Å²) < 4.78 is 2.18. The SMILES string of the molecule is CCCCCCN(CCCCCC)C(=O)CC(c1ccc(C)cc1)n1cccc1. The van der Waals surface area contributed by atoms with Crippen LogP contribution in [0.25, 0.3) is 0 Å². The molecule has 0 aliphatic heterocycles. The molecule has 1 unspecified atom stereocenters. The minimum absolute atomic E-state index is 0.0619. The third-order valence-electron chi connectivity index (χ3n) is 5.73. The monoisotopic (exact) mass is 396 g/mol. The molecule has 0 aliphatic carbocycles. The summed E-state index contributed by atoms with van der Waals surface area (Å²) in [5, 5.41) is 0. The highest BCUT2D eigenvalue weighted by Gasteiger charge is 2.21. The summed E-state index contributed by atoms with van der Waals surface area (Å²) in [4.78, 5) is 15.5. The van der Waals surface area contributed by atoms with Gasteiger partial charge in [-0.15, -0.1) is 0 Å². The van der Waals surface area contributed by atoms with Crippen molar-refractivity contribution in [3.8, 4) is 0 Å². The molecular weight excluding hydrogens is 356 g/mol. The van der Waals surface area contributed by atoms with Crippen LogP contribution < -0.4 is 0 Å². The van der Waals surface area contributed by atoms with Crippen LogP contribution in [0.1, 0.15) is 88.8 Å². The molecule has 0 fully saturated rings. The van der Waals surface area contributed by atoms with Crippen molar-refractivity contribution < 1.29 is 4.79 Å². The molecule has 0 bridgehead atoms. The largest absolute Gasteiger partial charge is 0.346 e. The molecule has 0 spiro atoms. The predicted molar refractivity (Wildman–Crippen MR) is 123 cm³/mol. The second-order valence-corrected chi connectivity index (χ2v) is 8.26. The van der Waals surface area contributed by atoms with Crippen molar-refractivity contribution in [3.63, 3.8) is 0 Å². The number of benzene rings is 1. The Morgan fingerprint density at radius 2 is 1.41 bits per heavy atom. The van der Waals surface area contributed by atoms with Crippen LogP contribution in [0, 0.1) is 6.92 Å². The molecule has 2 rings (SSSR count). The molecule has 160 valence electrons. The summed E-state index contributed by atoms with van der Waals surface area (Å²) in [7, 11) is 0. The Hall–Kier alpha value is -2.03. The van der Waals surface area contributed by atoms with Gasteiger partial charge < -0.3 is 9.47 Å². The van der Waals surface area contributed by atoms with E-state index in [0.717, 1.165) is 25.9 Å². The zero-order valence-corrected chi connectivity index (χ0v) is 18.8. The highest BCUT2D eigenvalue weighted by molar-refractivity contribution is 5.77. The van der Waals surface area contributed by atoms with E-state index in [9.17, 15) is 4.79 Å². The first-order chi connectivity index (χ1) is 14.2. The van der Waals surface area contributed by atoms with Crippen molar-refractivity contribution in [1.29, 1.82) is 0 Å². The van der Waals surface area contributed by atoms with Gasteiger partial charge in [0.05, 0.1) is 12.5 Å². The van der Waals surface area contributed by atoms with Crippen LogP contribution in [0.4, 0.5) is 0 Å². The highest BCUT2D eigenvalue weighted by atomic mass is 16.2. The van der Waals surface area contributed by atoms with Crippen molar-refractivity contribution in [1.82, 2.24) is 9.47 Å². The van der Waals surface area contributed by atoms with Crippen molar-refractivity contribution >= 4 is 5.91 Å². The Bertz CT molecular complexity index is 663. The van der Waals surface area contributed by atoms with Gasteiger partial charge in [-0.05, 0) is 37.5 Å². The third kappa shape index (κ3) is 8.08. The lowest BCUT2D eigenvalue weighted by molar-refractivity contribution is -0.132. The van der Waals surface area contributed by atoms with E-state index in [1.54, 1.807) is 0 Å². The van der Waals surface area contributed by atoms with Crippen LogP contribution >= 0.6 is 0 Å². The average molecular weight is 397 g/mol. The molecule has 0 saturated carbocycles. The summed E-state index contributed by atoms with van der Waals surface area (Å²) >= 11 is 0. The first-order valence-corrected chi connectivity index (χ1v) is 11.6. The fourth-order valence-electron chi connectivity index (χ4n) is 3.85. The van der Waals surface area contributed by atoms with Crippen LogP contribution in [0.5, 0.6) is 0 Å². The molecule has 3 nitrogen and oxygen atoms in total. The number of unbranched alkanes of at least 4 members (excludes halogenated alkanes) is 6. The van der Waals surface area contributed by atoms with E-state index in [1.807, 2.05) is 12.1 Å². The van der Waals surface area contributed by atoms with E-state index in [4.69, 9.17) is 0 Å². The minimum atomic E-state index is 0.0619. The number of aryl methyl sites for hydroxylation is 1. The average Bonchev–Trinajstić information content (AvgIpc) is 3.26. The van der Waals surface area contributed by atoms with Crippen molar-refractivity contribution in [3.05, 3.63) is 59.9 Å². The molecule has 0 saturated heterocycles. The molecule has 1 aromatic heterocycles. The number of rotatable bonds is 14. The van der Waals surface area contributed by atoms with Gasteiger partial charge >= 0.3 is 0 Å². The van der Waals surface area contributed by atoms with E-state index in [0.29, 0.717) is 6.42 Å². The van der Waals surface area contributed by atoms with E-state index < -0.39 is 0 Å². The Morgan fingerprint density at radius 1 is 0.862 bits per heavy atom. The lowest BCUT2D eigenvalue weighted by atomic mass is 10.0. The number of carbonyl (C=O) groups excluding carboxylic acids is 1.